The van der Waals surface area contributed by atoms with Gasteiger partial charge in [0.15, 0.2) is 0 Å². The third-order valence-corrected chi connectivity index (χ3v) is 6.88. The number of nitrogens with zero attached hydrogens (tertiary/aromatic N) is 3. The van der Waals surface area contributed by atoms with Crippen LogP contribution in [-0.4, -0.2) is 54.9 Å². The highest BCUT2D eigenvalue weighted by Gasteiger charge is 2.37. The van der Waals surface area contributed by atoms with E-state index >= 15 is 0 Å². The summed E-state index contributed by atoms with van der Waals surface area (Å²) < 4.78 is 70.7. The summed E-state index contributed by atoms with van der Waals surface area (Å²) in [5.41, 5.74) is -0.454. The van der Waals surface area contributed by atoms with Crippen LogP contribution in [0.3, 0.4) is 0 Å². The first-order chi connectivity index (χ1) is 13.4. The molecule has 0 aliphatic carbocycles. The number of halogens is 4. The molecule has 1 aromatic carbocycles. The lowest BCUT2D eigenvalue weighted by molar-refractivity contribution is -0.137. The summed E-state index contributed by atoms with van der Waals surface area (Å²) in [5, 5.41) is 3.15. The molecule has 158 valence electrons. The Labute approximate surface area is 170 Å². The molecule has 1 aliphatic rings. The van der Waals surface area contributed by atoms with Crippen molar-refractivity contribution in [2.75, 3.05) is 26.2 Å². The number of aromatic nitrogens is 1. The Kier molecular flexibility index (Phi) is 5.67. The van der Waals surface area contributed by atoms with Crippen LogP contribution in [0.1, 0.15) is 27.4 Å². The molecule has 0 unspecified atom stereocenters. The fraction of sp³-hybridized carbons (Fsp3) is 0.412. The van der Waals surface area contributed by atoms with Gasteiger partial charge >= 0.3 is 6.18 Å². The molecular weight excluding hydrogens is 435 g/mol. The zero-order valence-electron chi connectivity index (χ0n) is 15.5. The Bertz CT molecular complexity index is 1030. The van der Waals surface area contributed by atoms with E-state index in [9.17, 15) is 26.4 Å². The van der Waals surface area contributed by atoms with E-state index in [1.54, 1.807) is 13.8 Å². The highest BCUT2D eigenvalue weighted by molar-refractivity contribution is 7.89. The van der Waals surface area contributed by atoms with Gasteiger partial charge in [-0.25, -0.2) is 8.42 Å². The number of sulfonamides is 1. The van der Waals surface area contributed by atoms with Gasteiger partial charge in [-0.05, 0) is 32.0 Å². The summed E-state index contributed by atoms with van der Waals surface area (Å²) in [5.74, 6) is 0.0348. The SMILES string of the molecule is Cc1noc(C)c1C(=O)N1CCN(S(=O)(=O)c2ccc(Cl)c(C(F)(F)F)c2)CC1. The van der Waals surface area contributed by atoms with E-state index < -0.39 is 31.7 Å². The molecule has 1 aliphatic heterocycles. The molecule has 2 heterocycles. The summed E-state index contributed by atoms with van der Waals surface area (Å²) in [6.45, 7) is 3.29. The molecule has 1 fully saturated rings. The lowest BCUT2D eigenvalue weighted by Gasteiger charge is -2.34. The van der Waals surface area contributed by atoms with E-state index in [2.05, 4.69) is 5.16 Å². The largest absolute Gasteiger partial charge is 0.417 e. The standard InChI is InChI=1S/C17H17ClF3N3O4S/c1-10-15(11(2)28-22-10)16(25)23-5-7-24(8-6-23)29(26,27)12-3-4-14(18)13(9-12)17(19,20)21/h3-4,9H,5-8H2,1-2H3. The molecular formula is C17H17ClF3N3O4S. The first-order valence-corrected chi connectivity index (χ1v) is 10.3. The molecule has 2 aromatic rings. The second-order valence-corrected chi connectivity index (χ2v) is 8.88. The van der Waals surface area contributed by atoms with E-state index in [4.69, 9.17) is 16.1 Å². The number of alkyl halides is 3. The molecule has 1 saturated heterocycles. The fourth-order valence-corrected chi connectivity index (χ4v) is 4.78. The minimum atomic E-state index is -4.78. The van der Waals surface area contributed by atoms with Crippen molar-refractivity contribution < 1.29 is 30.9 Å². The molecule has 0 atom stereocenters. The average molecular weight is 452 g/mol. The van der Waals surface area contributed by atoms with Crippen LogP contribution >= 0.6 is 11.6 Å². The van der Waals surface area contributed by atoms with Crippen molar-refractivity contribution in [3.63, 3.8) is 0 Å². The Morgan fingerprint density at radius 1 is 1.17 bits per heavy atom. The molecule has 12 heteroatoms. The number of carbonyl (C=O) groups excluding carboxylic acids is 1. The van der Waals surface area contributed by atoms with Crippen molar-refractivity contribution in [2.45, 2.75) is 24.9 Å². The fourth-order valence-electron chi connectivity index (χ4n) is 3.11. The number of carbonyl (C=O) groups is 1. The lowest BCUT2D eigenvalue weighted by Crippen LogP contribution is -2.50. The summed E-state index contributed by atoms with van der Waals surface area (Å²) in [7, 11) is -4.17. The van der Waals surface area contributed by atoms with Gasteiger partial charge in [-0.15, -0.1) is 0 Å². The van der Waals surface area contributed by atoms with Gasteiger partial charge in [0.05, 0.1) is 21.2 Å². The summed E-state index contributed by atoms with van der Waals surface area (Å²) in [6, 6.07) is 2.47. The molecule has 7 nitrogen and oxygen atoms in total. The normalized spacial score (nSPS) is 16.3. The molecule has 1 aromatic heterocycles. The topological polar surface area (TPSA) is 83.7 Å². The molecule has 0 spiro atoms. The minimum absolute atomic E-state index is 0.0541. The van der Waals surface area contributed by atoms with Crippen LogP contribution in [0.25, 0.3) is 0 Å². The average Bonchev–Trinajstić information content (AvgIpc) is 2.99. The second kappa shape index (κ2) is 7.62. The number of hydrogen-bond donors (Lipinski definition) is 0. The van der Waals surface area contributed by atoms with Crippen molar-refractivity contribution in [1.29, 1.82) is 0 Å². The summed E-state index contributed by atoms with van der Waals surface area (Å²) in [6.07, 6.45) is -4.78. The molecule has 1 amide bonds. The first kappa shape index (κ1) is 21.6. The van der Waals surface area contributed by atoms with Crippen LogP contribution in [0.4, 0.5) is 13.2 Å². The van der Waals surface area contributed by atoms with Crippen molar-refractivity contribution >= 4 is 27.5 Å². The van der Waals surface area contributed by atoms with E-state index in [1.165, 1.54) is 4.90 Å². The van der Waals surface area contributed by atoms with Gasteiger partial charge in [-0.1, -0.05) is 16.8 Å². The highest BCUT2D eigenvalue weighted by atomic mass is 35.5. The second-order valence-electron chi connectivity index (χ2n) is 6.53. The summed E-state index contributed by atoms with van der Waals surface area (Å²) in [4.78, 5) is 13.6. The zero-order chi connectivity index (χ0) is 21.6. The monoisotopic (exact) mass is 451 g/mol. The molecule has 3 rings (SSSR count). The Morgan fingerprint density at radius 3 is 2.31 bits per heavy atom. The third-order valence-electron chi connectivity index (χ3n) is 4.65. The highest BCUT2D eigenvalue weighted by Crippen LogP contribution is 2.36. The van der Waals surface area contributed by atoms with Crippen LogP contribution < -0.4 is 0 Å². The van der Waals surface area contributed by atoms with E-state index in [-0.39, 0.29) is 32.1 Å². The van der Waals surface area contributed by atoms with Crippen LogP contribution in [0, 0.1) is 13.8 Å². The van der Waals surface area contributed by atoms with Crippen LogP contribution in [0.15, 0.2) is 27.6 Å². The lowest BCUT2D eigenvalue weighted by atomic mass is 10.1. The van der Waals surface area contributed by atoms with Crippen LogP contribution in [-0.2, 0) is 16.2 Å². The van der Waals surface area contributed by atoms with Gasteiger partial charge in [0.2, 0.25) is 10.0 Å². The number of piperazine rings is 1. The molecule has 0 bridgehead atoms. The maximum Gasteiger partial charge on any atom is 0.417 e. The Morgan fingerprint density at radius 2 is 1.79 bits per heavy atom. The number of aryl methyl sites for hydroxylation is 2. The number of rotatable bonds is 3. The van der Waals surface area contributed by atoms with Crippen molar-refractivity contribution in [2.24, 2.45) is 0 Å². The Hall–Kier alpha value is -2.11. The Balaban J connectivity index is 1.78. The maximum atomic E-state index is 13.0. The quantitative estimate of drug-likeness (QED) is 0.716. The van der Waals surface area contributed by atoms with Gasteiger partial charge in [0.1, 0.15) is 11.3 Å². The number of benzene rings is 1. The van der Waals surface area contributed by atoms with Crippen LogP contribution in [0.5, 0.6) is 0 Å². The van der Waals surface area contributed by atoms with Gasteiger partial charge in [-0.3, -0.25) is 4.79 Å². The maximum absolute atomic E-state index is 13.0. The van der Waals surface area contributed by atoms with Crippen molar-refractivity contribution in [1.82, 2.24) is 14.4 Å². The van der Waals surface area contributed by atoms with E-state index in [1.807, 2.05) is 0 Å². The minimum Gasteiger partial charge on any atom is -0.361 e. The van der Waals surface area contributed by atoms with Gasteiger partial charge in [-0.2, -0.15) is 17.5 Å². The van der Waals surface area contributed by atoms with Crippen LogP contribution in [0.2, 0.25) is 5.02 Å². The predicted molar refractivity (Wildman–Crippen MR) is 97.1 cm³/mol. The van der Waals surface area contributed by atoms with Crippen molar-refractivity contribution in [3.8, 4) is 0 Å². The number of hydrogen-bond acceptors (Lipinski definition) is 5. The number of amides is 1. The first-order valence-electron chi connectivity index (χ1n) is 8.52. The molecule has 0 N–H and O–H groups in total. The van der Waals surface area contributed by atoms with Gasteiger partial charge in [0, 0.05) is 26.2 Å². The van der Waals surface area contributed by atoms with E-state index in [0.717, 1.165) is 16.4 Å². The van der Waals surface area contributed by atoms with E-state index in [0.29, 0.717) is 23.1 Å². The molecule has 29 heavy (non-hydrogen) atoms. The smallest absolute Gasteiger partial charge is 0.361 e. The van der Waals surface area contributed by atoms with Gasteiger partial charge in [0.25, 0.3) is 5.91 Å². The van der Waals surface area contributed by atoms with Crippen molar-refractivity contribution in [3.05, 3.63) is 45.8 Å². The molecule has 0 radical (unpaired) electrons. The molecule has 0 saturated carbocycles. The van der Waals surface area contributed by atoms with Gasteiger partial charge < -0.3 is 9.42 Å². The third kappa shape index (κ3) is 4.12. The summed E-state index contributed by atoms with van der Waals surface area (Å²) >= 11 is 5.56. The predicted octanol–water partition coefficient (Wildman–Crippen LogP) is 3.11. The zero-order valence-corrected chi connectivity index (χ0v) is 17.0.